The second-order valence-corrected chi connectivity index (χ2v) is 5.72. The van der Waals surface area contributed by atoms with Gasteiger partial charge in [0, 0.05) is 12.1 Å². The number of hydrogen-bond acceptors (Lipinski definition) is 6. The lowest BCUT2D eigenvalue weighted by Gasteiger charge is -2.10. The fourth-order valence-corrected chi connectivity index (χ4v) is 2.41. The summed E-state index contributed by atoms with van der Waals surface area (Å²) >= 11 is 0. The summed E-state index contributed by atoms with van der Waals surface area (Å²) in [5.74, 6) is 0.360. The maximum atomic E-state index is 12.5. The molecule has 0 fully saturated rings. The number of nitrogens with one attached hydrogen (secondary N) is 1. The maximum Gasteiger partial charge on any atom is 0.271 e. The highest BCUT2D eigenvalue weighted by molar-refractivity contribution is 6.10. The van der Waals surface area contributed by atoms with Crippen molar-refractivity contribution in [1.82, 2.24) is 0 Å². The molecule has 0 aliphatic heterocycles. The summed E-state index contributed by atoms with van der Waals surface area (Å²) in [7, 11) is 1.49. The monoisotopic (exact) mass is 381 g/mol. The molecule has 8 nitrogen and oxygen atoms in total. The second kappa shape index (κ2) is 9.19. The van der Waals surface area contributed by atoms with Gasteiger partial charge in [-0.05, 0) is 43.2 Å². The third-order valence-corrected chi connectivity index (χ3v) is 3.84. The molecule has 0 heterocycles. The number of nitriles is 1. The zero-order valence-corrected chi connectivity index (χ0v) is 15.7. The van der Waals surface area contributed by atoms with Crippen LogP contribution in [-0.2, 0) is 4.79 Å². The number of methoxy groups -OCH3 is 1. The van der Waals surface area contributed by atoms with Gasteiger partial charge < -0.3 is 14.8 Å². The van der Waals surface area contributed by atoms with Crippen molar-refractivity contribution in [3.05, 3.63) is 63.2 Å². The van der Waals surface area contributed by atoms with Crippen molar-refractivity contribution >= 4 is 23.4 Å². The highest BCUT2D eigenvalue weighted by atomic mass is 16.6. The van der Waals surface area contributed by atoms with E-state index >= 15 is 0 Å². The summed E-state index contributed by atoms with van der Waals surface area (Å²) in [4.78, 5) is 22.8. The van der Waals surface area contributed by atoms with Gasteiger partial charge in [0.25, 0.3) is 11.6 Å². The van der Waals surface area contributed by atoms with Gasteiger partial charge >= 0.3 is 0 Å². The minimum absolute atomic E-state index is 0.153. The van der Waals surface area contributed by atoms with Gasteiger partial charge in [-0.2, -0.15) is 5.26 Å². The van der Waals surface area contributed by atoms with Gasteiger partial charge in [0.1, 0.15) is 11.6 Å². The van der Waals surface area contributed by atoms with Crippen LogP contribution in [0.3, 0.4) is 0 Å². The Labute approximate surface area is 162 Å². The zero-order chi connectivity index (χ0) is 20.7. The third kappa shape index (κ3) is 4.86. The Kier molecular flexibility index (Phi) is 6.71. The van der Waals surface area contributed by atoms with E-state index in [0.29, 0.717) is 29.2 Å². The minimum Gasteiger partial charge on any atom is -0.493 e. The first kappa shape index (κ1) is 20.5. The van der Waals surface area contributed by atoms with Crippen LogP contribution in [0.25, 0.3) is 6.08 Å². The van der Waals surface area contributed by atoms with Crippen LogP contribution < -0.4 is 14.8 Å². The third-order valence-electron chi connectivity index (χ3n) is 3.84. The Balaban J connectivity index is 2.30. The molecule has 0 saturated carbocycles. The lowest BCUT2D eigenvalue weighted by Crippen LogP contribution is -2.14. The Hall–Kier alpha value is -3.86. The molecule has 0 bridgehead atoms. The van der Waals surface area contributed by atoms with E-state index in [1.807, 2.05) is 13.0 Å². The van der Waals surface area contributed by atoms with E-state index in [1.54, 1.807) is 25.1 Å². The molecule has 0 unspecified atom stereocenters. The molecular weight excluding hydrogens is 362 g/mol. The van der Waals surface area contributed by atoms with Crippen LogP contribution in [0.15, 0.2) is 42.0 Å². The highest BCUT2D eigenvalue weighted by Gasteiger charge is 2.15. The number of anilines is 1. The first-order chi connectivity index (χ1) is 13.4. The average molecular weight is 381 g/mol. The number of nitro groups is 1. The summed E-state index contributed by atoms with van der Waals surface area (Å²) in [5, 5.41) is 22.8. The molecule has 0 radical (unpaired) electrons. The molecule has 1 N–H and O–H groups in total. The van der Waals surface area contributed by atoms with Crippen LogP contribution in [-0.4, -0.2) is 24.5 Å². The summed E-state index contributed by atoms with van der Waals surface area (Å²) in [5.41, 5.74) is 1.17. The topological polar surface area (TPSA) is 114 Å². The normalized spacial score (nSPS) is 10.7. The molecular formula is C20H19N3O5. The predicted molar refractivity (Wildman–Crippen MR) is 104 cm³/mol. The van der Waals surface area contributed by atoms with Crippen molar-refractivity contribution in [2.24, 2.45) is 0 Å². The SMILES string of the molecule is CCOc1ccc(/C=C(\C#N)C(=O)Nc2cc([N+](=O)[O-])ccc2C)cc1OC. The van der Waals surface area contributed by atoms with Gasteiger partial charge in [-0.15, -0.1) is 0 Å². The fourth-order valence-electron chi connectivity index (χ4n) is 2.41. The lowest BCUT2D eigenvalue weighted by atomic mass is 10.1. The number of amides is 1. The molecule has 2 aromatic carbocycles. The molecule has 144 valence electrons. The fraction of sp³-hybridized carbons (Fsp3) is 0.200. The number of benzene rings is 2. The number of nitrogens with zero attached hydrogens (tertiary/aromatic N) is 2. The second-order valence-electron chi connectivity index (χ2n) is 5.72. The molecule has 0 aromatic heterocycles. The summed E-state index contributed by atoms with van der Waals surface area (Å²) < 4.78 is 10.7. The summed E-state index contributed by atoms with van der Waals surface area (Å²) in [6.45, 7) is 4.02. The van der Waals surface area contributed by atoms with Gasteiger partial charge in [0.15, 0.2) is 11.5 Å². The molecule has 28 heavy (non-hydrogen) atoms. The van der Waals surface area contributed by atoms with Crippen molar-refractivity contribution in [2.75, 3.05) is 19.0 Å². The molecule has 0 saturated heterocycles. The van der Waals surface area contributed by atoms with Crippen LogP contribution in [0.5, 0.6) is 11.5 Å². The van der Waals surface area contributed by atoms with Crippen molar-refractivity contribution in [2.45, 2.75) is 13.8 Å². The number of carbonyl (C=O) groups excluding carboxylic acids is 1. The first-order valence-corrected chi connectivity index (χ1v) is 8.38. The highest BCUT2D eigenvalue weighted by Crippen LogP contribution is 2.29. The average Bonchev–Trinajstić information content (AvgIpc) is 2.68. The number of ether oxygens (including phenoxy) is 2. The van der Waals surface area contributed by atoms with Gasteiger partial charge in [-0.25, -0.2) is 0 Å². The van der Waals surface area contributed by atoms with Crippen LogP contribution >= 0.6 is 0 Å². The predicted octanol–water partition coefficient (Wildman–Crippen LogP) is 3.86. The van der Waals surface area contributed by atoms with Gasteiger partial charge in [-0.1, -0.05) is 12.1 Å². The van der Waals surface area contributed by atoms with Crippen molar-refractivity contribution < 1.29 is 19.2 Å². The lowest BCUT2D eigenvalue weighted by molar-refractivity contribution is -0.384. The summed E-state index contributed by atoms with van der Waals surface area (Å²) in [6.07, 6.45) is 1.40. The van der Waals surface area contributed by atoms with E-state index in [4.69, 9.17) is 9.47 Å². The molecule has 1 amide bonds. The van der Waals surface area contributed by atoms with E-state index in [0.717, 1.165) is 0 Å². The van der Waals surface area contributed by atoms with Crippen LogP contribution in [0.1, 0.15) is 18.1 Å². The van der Waals surface area contributed by atoms with Crippen molar-refractivity contribution in [3.63, 3.8) is 0 Å². The molecule has 0 aliphatic rings. The van der Waals surface area contributed by atoms with Crippen molar-refractivity contribution in [1.29, 1.82) is 5.26 Å². The molecule has 0 atom stereocenters. The Bertz CT molecular complexity index is 976. The summed E-state index contributed by atoms with van der Waals surface area (Å²) in [6, 6.07) is 11.0. The number of nitro benzene ring substituents is 1. The zero-order valence-electron chi connectivity index (χ0n) is 15.7. The maximum absolute atomic E-state index is 12.5. The Morgan fingerprint density at radius 1 is 1.29 bits per heavy atom. The first-order valence-electron chi connectivity index (χ1n) is 8.38. The number of carbonyl (C=O) groups is 1. The van der Waals surface area contributed by atoms with E-state index in [1.165, 1.54) is 31.4 Å². The molecule has 2 rings (SSSR count). The molecule has 0 aliphatic carbocycles. The number of rotatable bonds is 7. The van der Waals surface area contributed by atoms with Crippen LogP contribution in [0.2, 0.25) is 0 Å². The van der Waals surface area contributed by atoms with Crippen LogP contribution in [0, 0.1) is 28.4 Å². The van der Waals surface area contributed by atoms with Gasteiger partial charge in [0.2, 0.25) is 0 Å². The van der Waals surface area contributed by atoms with E-state index < -0.39 is 10.8 Å². The largest absolute Gasteiger partial charge is 0.493 e. The van der Waals surface area contributed by atoms with E-state index in [9.17, 15) is 20.2 Å². The Morgan fingerprint density at radius 2 is 2.04 bits per heavy atom. The quantitative estimate of drug-likeness (QED) is 0.337. The van der Waals surface area contributed by atoms with E-state index in [2.05, 4.69) is 5.32 Å². The van der Waals surface area contributed by atoms with E-state index in [-0.39, 0.29) is 16.9 Å². The molecule has 0 spiro atoms. The van der Waals surface area contributed by atoms with Gasteiger partial charge in [0.05, 0.1) is 24.3 Å². The number of hydrogen-bond donors (Lipinski definition) is 1. The molecule has 8 heteroatoms. The standard InChI is InChI=1S/C20H19N3O5/c1-4-28-18-8-6-14(10-19(18)27-3)9-15(12-21)20(24)22-17-11-16(23(25)26)7-5-13(17)2/h5-11H,4H2,1-3H3,(H,22,24)/b15-9+. The van der Waals surface area contributed by atoms with Crippen molar-refractivity contribution in [3.8, 4) is 17.6 Å². The smallest absolute Gasteiger partial charge is 0.271 e. The number of aryl methyl sites for hydroxylation is 1. The van der Waals surface area contributed by atoms with Gasteiger partial charge in [-0.3, -0.25) is 14.9 Å². The minimum atomic E-state index is -0.668. The number of non-ortho nitro benzene ring substituents is 1. The molecule has 2 aromatic rings. The Morgan fingerprint density at radius 3 is 2.64 bits per heavy atom. The van der Waals surface area contributed by atoms with Crippen LogP contribution in [0.4, 0.5) is 11.4 Å².